The van der Waals surface area contributed by atoms with Gasteiger partial charge in [-0.1, -0.05) is 0 Å². The molecule has 62 valence electrons. The molecule has 0 saturated carbocycles. The topological polar surface area (TPSA) is 0 Å². The summed E-state index contributed by atoms with van der Waals surface area (Å²) in [7, 11) is 0. The Morgan fingerprint density at radius 2 is 1.00 bits per heavy atom. The van der Waals surface area contributed by atoms with Crippen molar-refractivity contribution in [2.45, 2.75) is 9.71 Å². The van der Waals surface area contributed by atoms with E-state index in [1.54, 1.807) is 0 Å². The van der Waals surface area contributed by atoms with Crippen LogP contribution in [0.1, 0.15) is 0 Å². The van der Waals surface area contributed by atoms with Crippen molar-refractivity contribution in [1.29, 1.82) is 0 Å². The first-order chi connectivity index (χ1) is 4.50. The molecule has 0 aromatic heterocycles. The number of rotatable bonds is 1. The minimum atomic E-state index is -1.90. The summed E-state index contributed by atoms with van der Waals surface area (Å²) >= 11 is 39.1. The summed E-state index contributed by atoms with van der Waals surface area (Å²) in [6.07, 6.45) is 0. The fraction of sp³-hybridized carbons (Fsp3) is 1.00. The predicted octanol–water partition coefficient (Wildman–Crippen LogP) is 3.83. The fourth-order valence-electron chi connectivity index (χ4n) is 0.249. The maximum absolute atomic E-state index is 5.63. The third-order valence-corrected chi connectivity index (χ3v) is 6.00. The Kier molecular flexibility index (Phi) is 5.44. The van der Waals surface area contributed by atoms with E-state index in [2.05, 4.69) is 0 Å². The Labute approximate surface area is 117 Å². The zero-order valence-corrected chi connectivity index (χ0v) is 12.4. The van der Waals surface area contributed by atoms with E-state index in [1.165, 1.54) is 0 Å². The molecule has 0 bridgehead atoms. The normalized spacial score (nSPS) is 15.4. The van der Waals surface area contributed by atoms with Gasteiger partial charge in [-0.2, -0.15) is 0 Å². The van der Waals surface area contributed by atoms with Crippen molar-refractivity contribution in [3.63, 3.8) is 0 Å². The number of halogens is 7. The van der Waals surface area contributed by atoms with Crippen LogP contribution in [0.5, 0.6) is 0 Å². The van der Waals surface area contributed by atoms with Gasteiger partial charge in [0.25, 0.3) is 0 Å². The summed E-state index contributed by atoms with van der Waals surface area (Å²) in [6, 6.07) is 0. The third-order valence-electron chi connectivity index (χ3n) is 0.907. The second-order valence-corrected chi connectivity index (χ2v) is 10.0. The molecule has 0 saturated heterocycles. The summed E-state index contributed by atoms with van der Waals surface area (Å²) < 4.78 is -5.09. The Bertz CT molecular complexity index is 125. The van der Waals surface area contributed by atoms with Crippen molar-refractivity contribution < 1.29 is 0 Å². The van der Waals surface area contributed by atoms with Crippen molar-refractivity contribution in [2.24, 2.45) is 0 Å². The first-order valence-electron chi connectivity index (χ1n) is 2.32. The van der Waals surface area contributed by atoms with Crippen LogP contribution in [0.3, 0.4) is 0 Å². The molecule has 11 heavy (non-hydrogen) atoms. The van der Waals surface area contributed by atoms with Gasteiger partial charge in [0.15, 0.2) is 0 Å². The van der Waals surface area contributed by atoms with E-state index in [-0.39, 0.29) is 27.9 Å². The van der Waals surface area contributed by atoms with Gasteiger partial charge in [-0.3, -0.25) is 0 Å². The molecule has 0 amide bonds. The van der Waals surface area contributed by atoms with Crippen LogP contribution in [0, 0.1) is 0 Å². The summed E-state index contributed by atoms with van der Waals surface area (Å²) in [5.74, 6) is 0. The van der Waals surface area contributed by atoms with Crippen LogP contribution in [0.15, 0.2) is 0 Å². The van der Waals surface area contributed by atoms with Crippen LogP contribution in [-0.4, -0.2) is 37.6 Å². The van der Waals surface area contributed by atoms with Crippen molar-refractivity contribution in [2.75, 3.05) is 0 Å². The standard InChI is InChI=1S/C3Cl7.Na/c4-1(5)2(6,7)3(8,9)10;. The number of hydrogen-bond acceptors (Lipinski definition) is 0. The summed E-state index contributed by atoms with van der Waals surface area (Å²) in [5, 5.41) is 0. The molecule has 0 spiro atoms. The van der Waals surface area contributed by atoms with E-state index >= 15 is 0 Å². The molecule has 0 aliphatic carbocycles. The number of hydrogen-bond donors (Lipinski definition) is 0. The van der Waals surface area contributed by atoms with E-state index in [0.717, 1.165) is 0 Å². The Morgan fingerprint density at radius 1 is 0.727 bits per heavy atom. The molecule has 0 aromatic carbocycles. The Balaban J connectivity index is 4.75. The van der Waals surface area contributed by atoms with Gasteiger partial charge >= 0.3 is 119 Å². The van der Waals surface area contributed by atoms with Crippen LogP contribution in [-0.2, 0) is 0 Å². The van der Waals surface area contributed by atoms with Crippen LogP contribution < -0.4 is 0 Å². The molecule has 0 N–H and O–H groups in total. The van der Waals surface area contributed by atoms with Gasteiger partial charge in [0.1, 0.15) is 0 Å². The Hall–Kier alpha value is 3.03. The van der Waals surface area contributed by atoms with Gasteiger partial charge in [-0.15, -0.1) is 0 Å². The first-order valence-corrected chi connectivity index (χ1v) is 5.97. The van der Waals surface area contributed by atoms with Crippen molar-refractivity contribution in [3.05, 3.63) is 0 Å². The van der Waals surface area contributed by atoms with Gasteiger partial charge in [-0.05, 0) is 0 Å². The number of alkyl halides is 7. The quantitative estimate of drug-likeness (QED) is 0.510. The van der Waals surface area contributed by atoms with Crippen molar-refractivity contribution in [1.82, 2.24) is 0 Å². The van der Waals surface area contributed by atoms with E-state index < -0.39 is 9.71 Å². The van der Waals surface area contributed by atoms with Crippen LogP contribution >= 0.6 is 81.2 Å². The zero-order chi connectivity index (χ0) is 9.50. The average Bonchev–Trinajstić information content (AvgIpc) is 1.58. The van der Waals surface area contributed by atoms with Crippen LogP contribution in [0.2, 0.25) is 0 Å². The average molecular weight is 307 g/mol. The molecular formula is C3Cl7Na. The molecule has 0 atom stereocenters. The summed E-state index contributed by atoms with van der Waals surface area (Å²) in [4.78, 5) is 0. The molecule has 0 aliphatic rings. The molecule has 0 aliphatic heterocycles. The second kappa shape index (κ2) is 4.26. The monoisotopic (exact) mass is 304 g/mol. The fourth-order valence-corrected chi connectivity index (χ4v) is 2.24. The van der Waals surface area contributed by atoms with E-state index in [1.807, 2.05) is 0 Å². The van der Waals surface area contributed by atoms with E-state index in [4.69, 9.17) is 81.2 Å². The van der Waals surface area contributed by atoms with Gasteiger partial charge in [-0.25, -0.2) is 0 Å². The third kappa shape index (κ3) is 3.58. The molecule has 0 unspecified atom stereocenters. The van der Waals surface area contributed by atoms with Crippen molar-refractivity contribution in [3.8, 4) is 0 Å². The molecule has 0 rings (SSSR count). The first kappa shape index (κ1) is 14.0. The minimum absolute atomic E-state index is 0.281. The summed E-state index contributed by atoms with van der Waals surface area (Å²) in [6.45, 7) is 0. The molecule has 0 nitrogen and oxygen atoms in total. The van der Waals surface area contributed by atoms with E-state index in [9.17, 15) is 0 Å². The molecule has 0 radical (unpaired) electrons. The SMILES string of the molecule is [Na][C](Cl)(Cl)C(Cl)(Cl)C(Cl)(Cl)Cl. The maximum atomic E-state index is 5.63. The van der Waals surface area contributed by atoms with Gasteiger partial charge in [0.05, 0.1) is 0 Å². The summed E-state index contributed by atoms with van der Waals surface area (Å²) in [5.41, 5.74) is 0. The Morgan fingerprint density at radius 3 is 1.00 bits per heavy atom. The molecular weight excluding hydrogens is 307 g/mol. The van der Waals surface area contributed by atoms with Gasteiger partial charge < -0.3 is 0 Å². The zero-order valence-electron chi connectivity index (χ0n) is 5.15. The predicted molar refractivity (Wildman–Crippen MR) is 54.9 cm³/mol. The van der Waals surface area contributed by atoms with Crippen LogP contribution in [0.25, 0.3) is 0 Å². The second-order valence-electron chi connectivity index (χ2n) is 1.96. The molecule has 0 fully saturated rings. The molecule has 0 aromatic rings. The van der Waals surface area contributed by atoms with Gasteiger partial charge in [0.2, 0.25) is 0 Å². The van der Waals surface area contributed by atoms with E-state index in [0.29, 0.717) is 0 Å². The van der Waals surface area contributed by atoms with Gasteiger partial charge in [0, 0.05) is 0 Å². The van der Waals surface area contributed by atoms with Crippen LogP contribution in [0.4, 0.5) is 0 Å². The molecule has 0 heterocycles. The van der Waals surface area contributed by atoms with Crippen molar-refractivity contribution >= 4 is 109 Å². The molecule has 8 heteroatoms.